The Bertz CT molecular complexity index is 355. The molecule has 0 unspecified atom stereocenters. The second kappa shape index (κ2) is 8.47. The molecule has 0 bridgehead atoms. The molecule has 1 rings (SSSR count). The van der Waals surface area contributed by atoms with Crippen molar-refractivity contribution in [3.05, 3.63) is 30.1 Å². The second-order valence-electron chi connectivity index (χ2n) is 3.90. The number of hydrogen-bond acceptors (Lipinski definition) is 3. The summed E-state index contributed by atoms with van der Waals surface area (Å²) in [6, 6.07) is 5.82. The zero-order valence-electron chi connectivity index (χ0n) is 10.3. The Labute approximate surface area is 106 Å². The Morgan fingerprint density at radius 2 is 2.00 bits per heavy atom. The lowest BCUT2D eigenvalue weighted by Gasteiger charge is -2.06. The number of ether oxygens (including phenoxy) is 1. The minimum Gasteiger partial charge on any atom is -0.494 e. The molecular weight excluding hydrogens is 235 g/mol. The molecule has 0 aliphatic heterocycles. The van der Waals surface area contributed by atoms with Crippen molar-refractivity contribution in [2.24, 2.45) is 5.73 Å². The summed E-state index contributed by atoms with van der Waals surface area (Å²) < 4.78 is 18.0. The maximum absolute atomic E-state index is 12.6. The van der Waals surface area contributed by atoms with E-state index in [1.165, 1.54) is 12.1 Å². The first-order valence-electron chi connectivity index (χ1n) is 6.07. The topological polar surface area (TPSA) is 64.3 Å². The predicted molar refractivity (Wildman–Crippen MR) is 67.8 cm³/mol. The SMILES string of the molecule is NCCCNC(=O)CCCOc1ccc(F)cc1. The van der Waals surface area contributed by atoms with Gasteiger partial charge in [-0.05, 0) is 43.7 Å². The Kier molecular flexibility index (Phi) is 6.79. The van der Waals surface area contributed by atoms with Gasteiger partial charge in [0.05, 0.1) is 6.61 Å². The van der Waals surface area contributed by atoms with E-state index < -0.39 is 0 Å². The molecule has 1 aromatic carbocycles. The number of carbonyl (C=O) groups is 1. The normalized spacial score (nSPS) is 10.1. The number of nitrogens with one attached hydrogen (secondary N) is 1. The van der Waals surface area contributed by atoms with Crippen LogP contribution in [0.15, 0.2) is 24.3 Å². The first kappa shape index (κ1) is 14.4. The van der Waals surface area contributed by atoms with Crippen LogP contribution in [0.5, 0.6) is 5.75 Å². The molecule has 0 aliphatic carbocycles. The van der Waals surface area contributed by atoms with Crippen LogP contribution in [0.1, 0.15) is 19.3 Å². The van der Waals surface area contributed by atoms with Crippen molar-refractivity contribution in [3.63, 3.8) is 0 Å². The van der Waals surface area contributed by atoms with Crippen LogP contribution in [0, 0.1) is 5.82 Å². The van der Waals surface area contributed by atoms with Gasteiger partial charge in [0.1, 0.15) is 11.6 Å². The van der Waals surface area contributed by atoms with E-state index in [1.54, 1.807) is 12.1 Å². The predicted octanol–water partition coefficient (Wildman–Crippen LogP) is 1.45. The van der Waals surface area contributed by atoms with Crippen LogP contribution < -0.4 is 15.8 Å². The molecule has 4 nitrogen and oxygen atoms in total. The Morgan fingerprint density at radius 1 is 1.28 bits per heavy atom. The van der Waals surface area contributed by atoms with E-state index in [1.807, 2.05) is 0 Å². The molecule has 0 fully saturated rings. The van der Waals surface area contributed by atoms with Gasteiger partial charge in [-0.25, -0.2) is 4.39 Å². The van der Waals surface area contributed by atoms with Crippen LogP contribution in [0.2, 0.25) is 0 Å². The highest BCUT2D eigenvalue weighted by molar-refractivity contribution is 5.75. The summed E-state index contributed by atoms with van der Waals surface area (Å²) in [7, 11) is 0. The molecule has 0 heterocycles. The van der Waals surface area contributed by atoms with Crippen molar-refractivity contribution in [1.29, 1.82) is 0 Å². The minimum absolute atomic E-state index is 0.00570. The maximum Gasteiger partial charge on any atom is 0.220 e. The Balaban J connectivity index is 2.07. The van der Waals surface area contributed by atoms with Crippen LogP contribution >= 0.6 is 0 Å². The fourth-order valence-corrected chi connectivity index (χ4v) is 1.37. The average molecular weight is 254 g/mol. The summed E-state index contributed by atoms with van der Waals surface area (Å²) in [5.74, 6) is 0.327. The van der Waals surface area contributed by atoms with Gasteiger partial charge in [-0.1, -0.05) is 0 Å². The number of hydrogen-bond donors (Lipinski definition) is 2. The van der Waals surface area contributed by atoms with E-state index >= 15 is 0 Å². The smallest absolute Gasteiger partial charge is 0.220 e. The standard InChI is InChI=1S/C13H19FN2O2/c14-11-4-6-12(7-5-11)18-10-1-3-13(17)16-9-2-8-15/h4-7H,1-3,8-10,15H2,(H,16,17). The highest BCUT2D eigenvalue weighted by Gasteiger charge is 2.00. The molecule has 1 amide bonds. The zero-order chi connectivity index (χ0) is 13.2. The summed E-state index contributed by atoms with van der Waals surface area (Å²) >= 11 is 0. The number of carbonyl (C=O) groups excluding carboxylic acids is 1. The number of benzene rings is 1. The fourth-order valence-electron chi connectivity index (χ4n) is 1.37. The van der Waals surface area contributed by atoms with Crippen LogP contribution in [0.25, 0.3) is 0 Å². The molecule has 0 saturated carbocycles. The monoisotopic (exact) mass is 254 g/mol. The van der Waals surface area contributed by atoms with Gasteiger partial charge in [0.15, 0.2) is 0 Å². The Hall–Kier alpha value is -1.62. The van der Waals surface area contributed by atoms with Crippen LogP contribution in [-0.4, -0.2) is 25.6 Å². The summed E-state index contributed by atoms with van der Waals surface area (Å²) in [5.41, 5.74) is 5.31. The van der Waals surface area contributed by atoms with Gasteiger partial charge >= 0.3 is 0 Å². The van der Waals surface area contributed by atoms with Crippen molar-refractivity contribution in [2.45, 2.75) is 19.3 Å². The molecule has 0 aromatic heterocycles. The fraction of sp³-hybridized carbons (Fsp3) is 0.462. The van der Waals surface area contributed by atoms with Gasteiger partial charge in [-0.3, -0.25) is 4.79 Å². The van der Waals surface area contributed by atoms with E-state index in [-0.39, 0.29) is 11.7 Å². The molecule has 0 radical (unpaired) electrons. The van der Waals surface area contributed by atoms with E-state index in [4.69, 9.17) is 10.5 Å². The van der Waals surface area contributed by atoms with Crippen molar-refractivity contribution < 1.29 is 13.9 Å². The lowest BCUT2D eigenvalue weighted by molar-refractivity contribution is -0.121. The van der Waals surface area contributed by atoms with Crippen LogP contribution in [-0.2, 0) is 4.79 Å². The Morgan fingerprint density at radius 3 is 2.67 bits per heavy atom. The van der Waals surface area contributed by atoms with Crippen LogP contribution in [0.3, 0.4) is 0 Å². The first-order valence-corrected chi connectivity index (χ1v) is 6.07. The molecule has 0 atom stereocenters. The van der Waals surface area contributed by atoms with Crippen LogP contribution in [0.4, 0.5) is 4.39 Å². The number of rotatable bonds is 8. The third-order valence-corrected chi connectivity index (χ3v) is 2.33. The quantitative estimate of drug-likeness (QED) is 0.690. The maximum atomic E-state index is 12.6. The van der Waals surface area contributed by atoms with Gasteiger partial charge in [0.25, 0.3) is 0 Å². The van der Waals surface area contributed by atoms with E-state index in [0.29, 0.717) is 38.3 Å². The van der Waals surface area contributed by atoms with Gasteiger partial charge in [-0.15, -0.1) is 0 Å². The van der Waals surface area contributed by atoms with Crippen molar-refractivity contribution in [2.75, 3.05) is 19.7 Å². The van der Waals surface area contributed by atoms with E-state index in [2.05, 4.69) is 5.32 Å². The highest BCUT2D eigenvalue weighted by Crippen LogP contribution is 2.11. The highest BCUT2D eigenvalue weighted by atomic mass is 19.1. The largest absolute Gasteiger partial charge is 0.494 e. The summed E-state index contributed by atoms with van der Waals surface area (Å²) in [4.78, 5) is 11.3. The van der Waals surface area contributed by atoms with E-state index in [9.17, 15) is 9.18 Å². The van der Waals surface area contributed by atoms with Crippen molar-refractivity contribution in [3.8, 4) is 5.75 Å². The minimum atomic E-state index is -0.290. The van der Waals surface area contributed by atoms with Gasteiger partial charge in [0, 0.05) is 13.0 Å². The molecule has 0 aliphatic rings. The zero-order valence-corrected chi connectivity index (χ0v) is 10.3. The lowest BCUT2D eigenvalue weighted by atomic mass is 10.3. The molecule has 0 spiro atoms. The first-order chi connectivity index (χ1) is 8.72. The average Bonchev–Trinajstić information content (AvgIpc) is 2.37. The van der Waals surface area contributed by atoms with Gasteiger partial charge in [0.2, 0.25) is 5.91 Å². The molecule has 18 heavy (non-hydrogen) atoms. The summed E-state index contributed by atoms with van der Waals surface area (Å²) in [6.07, 6.45) is 1.84. The number of amides is 1. The molecular formula is C13H19FN2O2. The van der Waals surface area contributed by atoms with Crippen molar-refractivity contribution in [1.82, 2.24) is 5.32 Å². The lowest BCUT2D eigenvalue weighted by Crippen LogP contribution is -2.26. The third kappa shape index (κ3) is 6.20. The molecule has 5 heteroatoms. The van der Waals surface area contributed by atoms with Gasteiger partial charge in [-0.2, -0.15) is 0 Å². The molecule has 3 N–H and O–H groups in total. The third-order valence-electron chi connectivity index (χ3n) is 2.33. The van der Waals surface area contributed by atoms with E-state index in [0.717, 1.165) is 6.42 Å². The van der Waals surface area contributed by atoms with Crippen molar-refractivity contribution >= 4 is 5.91 Å². The molecule has 100 valence electrons. The van der Waals surface area contributed by atoms with Gasteiger partial charge < -0.3 is 15.8 Å². The second-order valence-corrected chi connectivity index (χ2v) is 3.90. The summed E-state index contributed by atoms with van der Waals surface area (Å²) in [6.45, 7) is 1.64. The number of nitrogens with two attached hydrogens (primary N) is 1. The molecule has 0 saturated heterocycles. The summed E-state index contributed by atoms with van der Waals surface area (Å²) in [5, 5.41) is 2.77. The number of halogens is 1. The molecule has 1 aromatic rings.